The second-order valence-corrected chi connectivity index (χ2v) is 13.1. The third-order valence-corrected chi connectivity index (χ3v) is 9.97. The first-order chi connectivity index (χ1) is 19.5. The molecule has 1 aromatic heterocycles. The summed E-state index contributed by atoms with van der Waals surface area (Å²) < 4.78 is 60.2. The lowest BCUT2D eigenvalue weighted by molar-refractivity contribution is -0.0876. The van der Waals surface area contributed by atoms with Crippen molar-refractivity contribution in [2.24, 2.45) is 0 Å². The zero-order valence-corrected chi connectivity index (χ0v) is 24.4. The molecule has 1 N–H and O–H groups in total. The molecule has 0 saturated heterocycles. The fourth-order valence-electron chi connectivity index (χ4n) is 5.60. The molecule has 0 bridgehead atoms. The van der Waals surface area contributed by atoms with Gasteiger partial charge in [0.25, 0.3) is 11.8 Å². The number of alkyl halides is 2. The number of halogens is 2. The molecule has 2 aliphatic rings. The van der Waals surface area contributed by atoms with Gasteiger partial charge in [-0.05, 0) is 59.7 Å². The van der Waals surface area contributed by atoms with Crippen LogP contribution in [0.2, 0.25) is 0 Å². The van der Waals surface area contributed by atoms with Crippen LogP contribution in [0, 0.1) is 12.3 Å². The quantitative estimate of drug-likeness (QED) is 0.326. The summed E-state index contributed by atoms with van der Waals surface area (Å²) in [5, 5.41) is 2.09. The fourth-order valence-corrected chi connectivity index (χ4v) is 7.43. The number of unbranched alkanes of at least 4 members (excludes halogenated alkanes) is 1. The average Bonchev–Trinajstić information content (AvgIpc) is 3.43. The van der Waals surface area contributed by atoms with E-state index in [0.717, 1.165) is 30.4 Å². The van der Waals surface area contributed by atoms with Crippen LogP contribution >= 0.6 is 11.3 Å². The van der Waals surface area contributed by atoms with E-state index < -0.39 is 40.9 Å². The third-order valence-electron chi connectivity index (χ3n) is 7.66. The van der Waals surface area contributed by atoms with Crippen molar-refractivity contribution in [2.45, 2.75) is 74.4 Å². The van der Waals surface area contributed by atoms with Gasteiger partial charge in [-0.25, -0.2) is 26.9 Å². The number of nitrogens with zero attached hydrogens (tertiary/aromatic N) is 2. The Hall–Kier alpha value is -3.33. The maximum absolute atomic E-state index is 14.1. The molecular weight excluding hydrogens is 568 g/mol. The molecule has 1 aliphatic carbocycles. The summed E-state index contributed by atoms with van der Waals surface area (Å²) in [6.07, 6.45) is 7.76. The minimum Gasteiger partial charge on any atom is -0.497 e. The van der Waals surface area contributed by atoms with Crippen LogP contribution in [-0.4, -0.2) is 49.3 Å². The van der Waals surface area contributed by atoms with Gasteiger partial charge in [0.1, 0.15) is 11.4 Å². The lowest BCUT2D eigenvalue weighted by atomic mass is 9.83. The van der Waals surface area contributed by atoms with Crippen LogP contribution in [0.3, 0.4) is 0 Å². The number of rotatable bonds is 9. The lowest BCUT2D eigenvalue weighted by Crippen LogP contribution is -2.50. The highest BCUT2D eigenvalue weighted by atomic mass is 32.2. The van der Waals surface area contributed by atoms with Crippen LogP contribution in [0.15, 0.2) is 52.7 Å². The molecule has 2 unspecified atom stereocenters. The number of carbonyl (C=O) groups is 1. The van der Waals surface area contributed by atoms with Crippen molar-refractivity contribution in [3.8, 4) is 18.1 Å². The molecule has 1 amide bonds. The lowest BCUT2D eigenvalue weighted by Gasteiger charge is -2.43. The highest BCUT2D eigenvalue weighted by molar-refractivity contribution is 7.89. The van der Waals surface area contributed by atoms with E-state index in [0.29, 0.717) is 22.7 Å². The Bertz CT molecular complexity index is 1570. The van der Waals surface area contributed by atoms with Crippen LogP contribution < -0.4 is 9.46 Å². The molecule has 1 saturated carbocycles. The number of fused-ring (bicyclic) bond motifs is 1. The molecule has 5 rings (SSSR count). The summed E-state index contributed by atoms with van der Waals surface area (Å²) in [6, 6.07) is 10.6. The van der Waals surface area contributed by atoms with E-state index in [1.54, 1.807) is 24.6 Å². The Morgan fingerprint density at radius 3 is 2.59 bits per heavy atom. The zero-order valence-electron chi connectivity index (χ0n) is 22.8. The van der Waals surface area contributed by atoms with Crippen molar-refractivity contribution in [3.63, 3.8) is 0 Å². The minimum absolute atomic E-state index is 0.0270. The molecule has 0 spiro atoms. The van der Waals surface area contributed by atoms with Crippen LogP contribution in [0.25, 0.3) is 0 Å². The molecule has 3 aromatic rings. The van der Waals surface area contributed by atoms with E-state index in [1.807, 2.05) is 23.1 Å². The van der Waals surface area contributed by atoms with Crippen molar-refractivity contribution in [1.82, 2.24) is 14.6 Å². The number of ether oxygens (including phenoxy) is 1. The van der Waals surface area contributed by atoms with Gasteiger partial charge in [-0.15, -0.1) is 17.8 Å². The number of carbonyl (C=O) groups excluding carboxylic acids is 1. The van der Waals surface area contributed by atoms with E-state index in [9.17, 15) is 22.0 Å². The number of hydrogen-bond donors (Lipinski definition) is 1. The molecule has 216 valence electrons. The predicted octanol–water partition coefficient (Wildman–Crippen LogP) is 5.56. The Morgan fingerprint density at radius 1 is 1.24 bits per heavy atom. The summed E-state index contributed by atoms with van der Waals surface area (Å²) in [4.78, 5) is 20.2. The second-order valence-electron chi connectivity index (χ2n) is 10.5. The number of sulfonamides is 1. The third kappa shape index (κ3) is 6.01. The number of terminal acetylenes is 1. The van der Waals surface area contributed by atoms with E-state index in [1.165, 1.54) is 23.5 Å². The van der Waals surface area contributed by atoms with Gasteiger partial charge in [0.2, 0.25) is 10.0 Å². The van der Waals surface area contributed by atoms with Gasteiger partial charge in [-0.1, -0.05) is 38.0 Å². The number of nitrogens with one attached hydrogen (secondary N) is 1. The molecule has 41 heavy (non-hydrogen) atoms. The van der Waals surface area contributed by atoms with Crippen LogP contribution in [0.1, 0.15) is 77.3 Å². The molecule has 0 radical (unpaired) electrons. The van der Waals surface area contributed by atoms with Gasteiger partial charge in [-0.3, -0.25) is 4.79 Å². The van der Waals surface area contributed by atoms with Crippen LogP contribution in [0.4, 0.5) is 8.78 Å². The number of aromatic nitrogens is 1. The predicted molar refractivity (Wildman–Crippen MR) is 153 cm³/mol. The maximum Gasteiger partial charge on any atom is 0.274 e. The largest absolute Gasteiger partial charge is 0.497 e. The van der Waals surface area contributed by atoms with Crippen LogP contribution in [0.5, 0.6) is 5.75 Å². The second kappa shape index (κ2) is 11.5. The highest BCUT2D eigenvalue weighted by Gasteiger charge is 2.47. The Balaban J connectivity index is 1.55. The minimum atomic E-state index is -3.99. The Morgan fingerprint density at radius 2 is 1.98 bits per heavy atom. The van der Waals surface area contributed by atoms with Gasteiger partial charge < -0.3 is 9.64 Å². The van der Waals surface area contributed by atoms with Gasteiger partial charge in [0.15, 0.2) is 5.01 Å². The number of hydrogen-bond acceptors (Lipinski definition) is 6. The van der Waals surface area contributed by atoms with Crippen molar-refractivity contribution >= 4 is 27.3 Å². The Labute approximate surface area is 243 Å². The molecule has 2 atom stereocenters. The number of benzene rings is 2. The molecule has 2 aromatic carbocycles. The van der Waals surface area contributed by atoms with Crippen molar-refractivity contribution in [1.29, 1.82) is 0 Å². The number of amides is 1. The first kappa shape index (κ1) is 29.2. The van der Waals surface area contributed by atoms with E-state index in [-0.39, 0.29) is 22.5 Å². The monoisotopic (exact) mass is 599 g/mol. The number of thiazole rings is 1. The standard InChI is InChI=1S/C30H31F2N3O4S2/c1-4-6-7-22-14-20-15-23(39-3)10-13-25(20)28(35(22)29(36)26-18-40-27(5-2)33-26)19-8-11-24(12-9-19)41(37,38)34-21-16-30(31,32)17-21/h2,8-13,15,18,21-22,28,34H,4,6-7,14,16-17H2,1,3H3. The average molecular weight is 600 g/mol. The first-order valence-electron chi connectivity index (χ1n) is 13.5. The summed E-state index contributed by atoms with van der Waals surface area (Å²) in [6.45, 7) is 2.10. The fraction of sp³-hybridized carbons (Fsp3) is 0.400. The summed E-state index contributed by atoms with van der Waals surface area (Å²) in [5.74, 6) is 0.112. The molecule has 11 heteroatoms. The smallest absolute Gasteiger partial charge is 0.274 e. The normalized spacial score (nSPS) is 20.1. The topological polar surface area (TPSA) is 88.6 Å². The molecule has 2 heterocycles. The summed E-state index contributed by atoms with van der Waals surface area (Å²) >= 11 is 1.23. The Kier molecular flexibility index (Phi) is 8.19. The maximum atomic E-state index is 14.1. The van der Waals surface area contributed by atoms with Crippen molar-refractivity contribution < 1.29 is 26.7 Å². The van der Waals surface area contributed by atoms with E-state index >= 15 is 0 Å². The van der Waals surface area contributed by atoms with Crippen molar-refractivity contribution in [2.75, 3.05) is 7.11 Å². The highest BCUT2D eigenvalue weighted by Crippen LogP contribution is 2.42. The summed E-state index contributed by atoms with van der Waals surface area (Å²) in [7, 11) is -2.38. The molecule has 7 nitrogen and oxygen atoms in total. The van der Waals surface area contributed by atoms with Crippen LogP contribution in [-0.2, 0) is 16.4 Å². The summed E-state index contributed by atoms with van der Waals surface area (Å²) in [5.41, 5.74) is 2.94. The molecular formula is C30H31F2N3O4S2. The SMILES string of the molecule is C#Cc1nc(C(=O)N2C(CCCC)Cc3cc(OC)ccc3C2c2ccc(S(=O)(=O)NC3CC(F)(F)C3)cc2)cs1. The molecule has 1 aliphatic heterocycles. The number of methoxy groups -OCH3 is 1. The van der Waals surface area contributed by atoms with Crippen molar-refractivity contribution in [3.05, 3.63) is 75.2 Å². The van der Waals surface area contributed by atoms with Gasteiger partial charge in [-0.2, -0.15) is 0 Å². The first-order valence-corrected chi connectivity index (χ1v) is 15.8. The van der Waals surface area contributed by atoms with Gasteiger partial charge >= 0.3 is 0 Å². The molecule has 1 fully saturated rings. The zero-order chi connectivity index (χ0) is 29.4. The van der Waals surface area contributed by atoms with E-state index in [4.69, 9.17) is 11.2 Å². The van der Waals surface area contributed by atoms with E-state index in [2.05, 4.69) is 22.6 Å². The van der Waals surface area contributed by atoms with Gasteiger partial charge in [0.05, 0.1) is 18.0 Å². The van der Waals surface area contributed by atoms with Gasteiger partial charge in [0, 0.05) is 30.3 Å².